The molecule has 0 spiro atoms. The van der Waals surface area contributed by atoms with Crippen molar-refractivity contribution in [1.29, 1.82) is 0 Å². The van der Waals surface area contributed by atoms with Crippen LogP contribution in [0.25, 0.3) is 11.0 Å². The number of hydrogen-bond donors (Lipinski definition) is 1. The second kappa shape index (κ2) is 3.46. The molecule has 0 aliphatic rings. The van der Waals surface area contributed by atoms with Crippen molar-refractivity contribution in [3.05, 3.63) is 35.1 Å². The first-order valence-corrected chi connectivity index (χ1v) is 4.88. The number of fused-ring (bicyclic) bond motifs is 1. The van der Waals surface area contributed by atoms with E-state index >= 15 is 0 Å². The SMILES string of the molecule is CCc1ccc2oc(CO)c(C)c2c1. The molecule has 2 rings (SSSR count). The van der Waals surface area contributed by atoms with E-state index in [0.29, 0.717) is 5.76 Å². The third-order valence-corrected chi connectivity index (χ3v) is 2.65. The fourth-order valence-electron chi connectivity index (χ4n) is 1.69. The van der Waals surface area contributed by atoms with Crippen molar-refractivity contribution in [3.63, 3.8) is 0 Å². The van der Waals surface area contributed by atoms with Crippen LogP contribution in [0.15, 0.2) is 22.6 Å². The highest BCUT2D eigenvalue weighted by Crippen LogP contribution is 2.26. The summed E-state index contributed by atoms with van der Waals surface area (Å²) in [6.07, 6.45) is 1.02. The van der Waals surface area contributed by atoms with Gasteiger partial charge in [0.25, 0.3) is 0 Å². The van der Waals surface area contributed by atoms with Gasteiger partial charge in [-0.2, -0.15) is 0 Å². The highest BCUT2D eigenvalue weighted by molar-refractivity contribution is 5.82. The monoisotopic (exact) mass is 190 g/mol. The van der Waals surface area contributed by atoms with Crippen molar-refractivity contribution >= 4 is 11.0 Å². The van der Waals surface area contributed by atoms with E-state index in [0.717, 1.165) is 23.0 Å². The van der Waals surface area contributed by atoms with Crippen molar-refractivity contribution in [1.82, 2.24) is 0 Å². The molecule has 2 heteroatoms. The minimum Gasteiger partial charge on any atom is -0.458 e. The van der Waals surface area contributed by atoms with E-state index in [1.165, 1.54) is 5.56 Å². The fourth-order valence-corrected chi connectivity index (χ4v) is 1.69. The van der Waals surface area contributed by atoms with Gasteiger partial charge in [0.05, 0.1) is 0 Å². The molecular weight excluding hydrogens is 176 g/mol. The van der Waals surface area contributed by atoms with Crippen LogP contribution in [0, 0.1) is 6.92 Å². The summed E-state index contributed by atoms with van der Waals surface area (Å²) in [5.74, 6) is 0.674. The van der Waals surface area contributed by atoms with Crippen LogP contribution in [-0.2, 0) is 13.0 Å². The van der Waals surface area contributed by atoms with Crippen LogP contribution in [0.5, 0.6) is 0 Å². The first-order valence-electron chi connectivity index (χ1n) is 4.88. The molecular formula is C12H14O2. The van der Waals surface area contributed by atoms with Gasteiger partial charge in [-0.25, -0.2) is 0 Å². The van der Waals surface area contributed by atoms with Crippen molar-refractivity contribution in [2.24, 2.45) is 0 Å². The Kier molecular flexibility index (Phi) is 2.30. The number of furan rings is 1. The Morgan fingerprint density at radius 1 is 1.36 bits per heavy atom. The molecule has 0 saturated heterocycles. The fraction of sp³-hybridized carbons (Fsp3) is 0.333. The van der Waals surface area contributed by atoms with Gasteiger partial charge in [0, 0.05) is 10.9 Å². The summed E-state index contributed by atoms with van der Waals surface area (Å²) in [6, 6.07) is 6.17. The van der Waals surface area contributed by atoms with Gasteiger partial charge in [-0.3, -0.25) is 0 Å². The molecule has 0 radical (unpaired) electrons. The van der Waals surface area contributed by atoms with Crippen molar-refractivity contribution in [3.8, 4) is 0 Å². The second-order valence-electron chi connectivity index (χ2n) is 3.49. The number of rotatable bonds is 2. The Balaban J connectivity index is 2.68. The molecule has 0 saturated carbocycles. The van der Waals surface area contributed by atoms with Crippen LogP contribution in [0.2, 0.25) is 0 Å². The van der Waals surface area contributed by atoms with E-state index in [-0.39, 0.29) is 6.61 Å². The Morgan fingerprint density at radius 2 is 2.14 bits per heavy atom. The first-order chi connectivity index (χ1) is 6.76. The zero-order valence-electron chi connectivity index (χ0n) is 8.50. The van der Waals surface area contributed by atoms with Crippen LogP contribution in [0.4, 0.5) is 0 Å². The molecule has 1 N–H and O–H groups in total. The highest BCUT2D eigenvalue weighted by atomic mass is 16.4. The van der Waals surface area contributed by atoms with Gasteiger partial charge in [-0.05, 0) is 31.0 Å². The molecule has 0 atom stereocenters. The maximum Gasteiger partial charge on any atom is 0.134 e. The summed E-state index contributed by atoms with van der Waals surface area (Å²) < 4.78 is 5.50. The number of aliphatic hydroxyl groups excluding tert-OH is 1. The summed E-state index contributed by atoms with van der Waals surface area (Å²) in [5, 5.41) is 10.2. The van der Waals surface area contributed by atoms with E-state index in [2.05, 4.69) is 19.1 Å². The van der Waals surface area contributed by atoms with Gasteiger partial charge in [0.1, 0.15) is 18.0 Å². The van der Waals surface area contributed by atoms with E-state index in [9.17, 15) is 0 Å². The lowest BCUT2D eigenvalue weighted by molar-refractivity contribution is 0.250. The molecule has 14 heavy (non-hydrogen) atoms. The van der Waals surface area contributed by atoms with Crippen molar-refractivity contribution < 1.29 is 9.52 Å². The third kappa shape index (κ3) is 1.32. The average Bonchev–Trinajstić information content (AvgIpc) is 2.55. The first kappa shape index (κ1) is 9.28. The predicted molar refractivity (Wildman–Crippen MR) is 56.3 cm³/mol. The minimum absolute atomic E-state index is 0.0258. The number of aryl methyl sites for hydroxylation is 2. The lowest BCUT2D eigenvalue weighted by Crippen LogP contribution is -1.81. The Morgan fingerprint density at radius 3 is 2.79 bits per heavy atom. The van der Waals surface area contributed by atoms with Gasteiger partial charge in [-0.1, -0.05) is 13.0 Å². The zero-order chi connectivity index (χ0) is 10.1. The number of aliphatic hydroxyl groups is 1. The summed E-state index contributed by atoms with van der Waals surface area (Å²) in [4.78, 5) is 0. The van der Waals surface area contributed by atoms with Gasteiger partial charge in [-0.15, -0.1) is 0 Å². The Labute approximate surface area is 83.2 Å². The minimum atomic E-state index is -0.0258. The highest BCUT2D eigenvalue weighted by Gasteiger charge is 2.09. The lowest BCUT2D eigenvalue weighted by atomic mass is 10.1. The topological polar surface area (TPSA) is 33.4 Å². The van der Waals surface area contributed by atoms with E-state index < -0.39 is 0 Å². The predicted octanol–water partition coefficient (Wildman–Crippen LogP) is 2.80. The number of benzene rings is 1. The van der Waals surface area contributed by atoms with E-state index in [1.54, 1.807) is 0 Å². The Bertz CT molecular complexity index is 455. The summed E-state index contributed by atoms with van der Waals surface area (Å²) >= 11 is 0. The molecule has 0 amide bonds. The van der Waals surface area contributed by atoms with E-state index in [1.807, 2.05) is 13.0 Å². The zero-order valence-corrected chi connectivity index (χ0v) is 8.50. The summed E-state index contributed by atoms with van der Waals surface area (Å²) in [6.45, 7) is 4.09. The van der Waals surface area contributed by atoms with Gasteiger partial charge >= 0.3 is 0 Å². The summed E-state index contributed by atoms with van der Waals surface area (Å²) in [5.41, 5.74) is 3.22. The maximum atomic E-state index is 9.05. The molecule has 1 aromatic heterocycles. The molecule has 1 heterocycles. The van der Waals surface area contributed by atoms with Crippen LogP contribution in [-0.4, -0.2) is 5.11 Å². The van der Waals surface area contributed by atoms with Crippen LogP contribution in [0.3, 0.4) is 0 Å². The molecule has 0 aliphatic heterocycles. The molecule has 2 nitrogen and oxygen atoms in total. The van der Waals surface area contributed by atoms with Gasteiger partial charge < -0.3 is 9.52 Å². The normalized spacial score (nSPS) is 11.1. The van der Waals surface area contributed by atoms with Gasteiger partial charge in [0.15, 0.2) is 0 Å². The molecule has 0 fully saturated rings. The van der Waals surface area contributed by atoms with Crippen molar-refractivity contribution in [2.75, 3.05) is 0 Å². The molecule has 0 aliphatic carbocycles. The standard InChI is InChI=1S/C12H14O2/c1-3-9-4-5-11-10(6-9)8(2)12(7-13)14-11/h4-6,13H,3,7H2,1-2H3. The molecule has 0 bridgehead atoms. The molecule has 1 aromatic carbocycles. The van der Waals surface area contributed by atoms with Crippen LogP contribution < -0.4 is 0 Å². The Hall–Kier alpha value is -1.28. The maximum absolute atomic E-state index is 9.05. The van der Waals surface area contributed by atoms with Crippen molar-refractivity contribution in [2.45, 2.75) is 26.9 Å². The van der Waals surface area contributed by atoms with Gasteiger partial charge in [0.2, 0.25) is 0 Å². The average molecular weight is 190 g/mol. The quantitative estimate of drug-likeness (QED) is 0.790. The third-order valence-electron chi connectivity index (χ3n) is 2.65. The van der Waals surface area contributed by atoms with Crippen LogP contribution in [0.1, 0.15) is 23.8 Å². The summed E-state index contributed by atoms with van der Waals surface area (Å²) in [7, 11) is 0. The molecule has 74 valence electrons. The van der Waals surface area contributed by atoms with Crippen LogP contribution >= 0.6 is 0 Å². The van der Waals surface area contributed by atoms with E-state index in [4.69, 9.17) is 9.52 Å². The largest absolute Gasteiger partial charge is 0.458 e. The number of hydrogen-bond acceptors (Lipinski definition) is 2. The molecule has 0 unspecified atom stereocenters. The lowest BCUT2D eigenvalue weighted by Gasteiger charge is -1.95. The second-order valence-corrected chi connectivity index (χ2v) is 3.49. The molecule has 2 aromatic rings. The smallest absolute Gasteiger partial charge is 0.134 e.